The van der Waals surface area contributed by atoms with Gasteiger partial charge in [-0.3, -0.25) is 0 Å². The molecule has 0 radical (unpaired) electrons. The van der Waals surface area contributed by atoms with Crippen LogP contribution in [0.5, 0.6) is 0 Å². The highest BCUT2D eigenvalue weighted by molar-refractivity contribution is 6.11. The van der Waals surface area contributed by atoms with Crippen molar-refractivity contribution in [3.05, 3.63) is 242 Å². The normalized spacial score (nSPS) is 11.4. The second kappa shape index (κ2) is 15.3. The Morgan fingerprint density at radius 2 is 0.754 bits per heavy atom. The van der Waals surface area contributed by atoms with Gasteiger partial charge in [-0.15, -0.1) is 0 Å². The molecule has 11 rings (SSSR count). The van der Waals surface area contributed by atoms with Gasteiger partial charge in [-0.2, -0.15) is 0 Å². The standard InChI is InChI=1S/C59H42N2/c1-41-14-12-24-56(53-23-13-20-48-19-8-9-21-52(48)53)59(41)61-57-25-11-10-22-54(57)55-39-38-51(40-58(55)61)60(49-34-30-46(31-35-49)43-17-6-3-7-18-43)50-36-32-47(33-37-50)45-28-26-44(27-29-45)42-15-4-2-5-16-42/h2-40H,1H3. The van der Waals surface area contributed by atoms with Crippen LogP contribution < -0.4 is 4.90 Å². The van der Waals surface area contributed by atoms with Crippen LogP contribution in [-0.2, 0) is 0 Å². The lowest BCUT2D eigenvalue weighted by atomic mass is 9.95. The molecule has 1 aromatic heterocycles. The summed E-state index contributed by atoms with van der Waals surface area (Å²) in [6.45, 7) is 2.24. The molecule has 0 spiro atoms. The Balaban J connectivity index is 1.08. The largest absolute Gasteiger partial charge is 0.310 e. The van der Waals surface area contributed by atoms with Gasteiger partial charge in [-0.25, -0.2) is 0 Å². The first-order valence-corrected chi connectivity index (χ1v) is 21.0. The number of rotatable bonds is 8. The number of nitrogens with zero attached hydrogens (tertiary/aromatic N) is 2. The summed E-state index contributed by atoms with van der Waals surface area (Å²) in [6.07, 6.45) is 0. The fourth-order valence-corrected chi connectivity index (χ4v) is 9.14. The SMILES string of the molecule is Cc1cccc(-c2cccc3ccccc23)c1-n1c2ccccc2c2ccc(N(c3ccc(-c4ccccc4)cc3)c3ccc(-c4ccc(-c5ccccc5)cc4)cc3)cc21. The molecule has 0 aliphatic heterocycles. The van der Waals surface area contributed by atoms with Gasteiger partial charge < -0.3 is 9.47 Å². The van der Waals surface area contributed by atoms with E-state index in [9.17, 15) is 0 Å². The minimum atomic E-state index is 1.09. The molecule has 0 aliphatic rings. The Hall–Kier alpha value is -7.94. The van der Waals surface area contributed by atoms with Crippen LogP contribution >= 0.6 is 0 Å². The molecule has 0 saturated heterocycles. The highest BCUT2D eigenvalue weighted by Gasteiger charge is 2.21. The van der Waals surface area contributed by atoms with Crippen LogP contribution in [0.15, 0.2) is 237 Å². The lowest BCUT2D eigenvalue weighted by Crippen LogP contribution is -2.10. The quantitative estimate of drug-likeness (QED) is 0.149. The molecule has 61 heavy (non-hydrogen) atoms. The van der Waals surface area contributed by atoms with Crippen LogP contribution in [0, 0.1) is 6.92 Å². The number of aryl methyl sites for hydroxylation is 1. The maximum absolute atomic E-state index is 2.50. The lowest BCUT2D eigenvalue weighted by molar-refractivity contribution is 1.15. The Morgan fingerprint density at radius 3 is 1.38 bits per heavy atom. The topological polar surface area (TPSA) is 8.17 Å². The van der Waals surface area contributed by atoms with Crippen LogP contribution in [0.3, 0.4) is 0 Å². The first kappa shape index (κ1) is 36.2. The molecule has 0 unspecified atom stereocenters. The first-order chi connectivity index (χ1) is 30.2. The van der Waals surface area contributed by atoms with Crippen LogP contribution in [0.4, 0.5) is 17.1 Å². The highest BCUT2D eigenvalue weighted by Crippen LogP contribution is 2.43. The van der Waals surface area contributed by atoms with Gasteiger partial charge in [0.15, 0.2) is 0 Å². The predicted octanol–water partition coefficient (Wildman–Crippen LogP) is 16.4. The summed E-state index contributed by atoms with van der Waals surface area (Å²) >= 11 is 0. The maximum Gasteiger partial charge on any atom is 0.0569 e. The third kappa shape index (κ3) is 6.56. The van der Waals surface area contributed by atoms with Crippen molar-refractivity contribution in [2.45, 2.75) is 6.92 Å². The zero-order valence-electron chi connectivity index (χ0n) is 33.9. The number of benzene rings is 10. The Morgan fingerprint density at radius 1 is 0.311 bits per heavy atom. The van der Waals surface area contributed by atoms with E-state index in [0.29, 0.717) is 0 Å². The molecular weight excluding hydrogens is 737 g/mol. The Kier molecular flexibility index (Phi) is 9.09. The van der Waals surface area contributed by atoms with Crippen molar-refractivity contribution in [2.75, 3.05) is 4.90 Å². The number of anilines is 3. The van der Waals surface area contributed by atoms with Gasteiger partial charge in [0.25, 0.3) is 0 Å². The van der Waals surface area contributed by atoms with Crippen LogP contribution in [0.25, 0.3) is 82.8 Å². The van der Waals surface area contributed by atoms with Crippen molar-refractivity contribution in [1.29, 1.82) is 0 Å². The summed E-state index contributed by atoms with van der Waals surface area (Å²) in [5.74, 6) is 0. The fourth-order valence-electron chi connectivity index (χ4n) is 9.14. The van der Waals surface area contributed by atoms with E-state index in [2.05, 4.69) is 253 Å². The first-order valence-electron chi connectivity index (χ1n) is 21.0. The number of hydrogen-bond donors (Lipinski definition) is 0. The smallest absolute Gasteiger partial charge is 0.0569 e. The van der Waals surface area contributed by atoms with E-state index in [1.54, 1.807) is 0 Å². The number of hydrogen-bond acceptors (Lipinski definition) is 1. The van der Waals surface area contributed by atoms with E-state index in [4.69, 9.17) is 0 Å². The van der Waals surface area contributed by atoms with E-state index in [1.165, 1.54) is 82.8 Å². The van der Waals surface area contributed by atoms with Gasteiger partial charge in [0.2, 0.25) is 0 Å². The summed E-state index contributed by atoms with van der Waals surface area (Å²) in [5.41, 5.74) is 17.7. The van der Waals surface area contributed by atoms with Crippen molar-refractivity contribution >= 4 is 49.6 Å². The minimum Gasteiger partial charge on any atom is -0.310 e. The third-order valence-electron chi connectivity index (χ3n) is 12.1. The highest BCUT2D eigenvalue weighted by atomic mass is 15.1. The molecule has 0 saturated carbocycles. The second-order valence-corrected chi connectivity index (χ2v) is 15.8. The third-order valence-corrected chi connectivity index (χ3v) is 12.1. The van der Waals surface area contributed by atoms with Crippen molar-refractivity contribution in [2.24, 2.45) is 0 Å². The Bertz CT molecular complexity index is 3320. The van der Waals surface area contributed by atoms with E-state index in [-0.39, 0.29) is 0 Å². The fraction of sp³-hybridized carbons (Fsp3) is 0.0169. The van der Waals surface area contributed by atoms with Crippen LogP contribution in [-0.4, -0.2) is 4.57 Å². The molecule has 11 aromatic rings. The van der Waals surface area contributed by atoms with E-state index in [1.807, 2.05) is 0 Å². The molecule has 0 atom stereocenters. The van der Waals surface area contributed by atoms with Gasteiger partial charge in [0.1, 0.15) is 0 Å². The number of aromatic nitrogens is 1. The van der Waals surface area contributed by atoms with Gasteiger partial charge >= 0.3 is 0 Å². The summed E-state index contributed by atoms with van der Waals surface area (Å²) < 4.78 is 2.50. The molecule has 10 aromatic carbocycles. The van der Waals surface area contributed by atoms with Crippen LogP contribution in [0.1, 0.15) is 5.56 Å². The minimum absolute atomic E-state index is 1.09. The van der Waals surface area contributed by atoms with Gasteiger partial charge in [0, 0.05) is 33.4 Å². The monoisotopic (exact) mass is 778 g/mol. The number of para-hydroxylation sites is 2. The molecule has 0 bridgehead atoms. The molecule has 2 heteroatoms. The van der Waals surface area contributed by atoms with E-state index >= 15 is 0 Å². The van der Waals surface area contributed by atoms with Crippen molar-refractivity contribution in [1.82, 2.24) is 4.57 Å². The second-order valence-electron chi connectivity index (χ2n) is 15.8. The average molecular weight is 779 g/mol. The van der Waals surface area contributed by atoms with E-state index < -0.39 is 0 Å². The molecule has 0 aliphatic carbocycles. The molecule has 0 amide bonds. The molecule has 1 heterocycles. The molecular formula is C59H42N2. The molecule has 0 N–H and O–H groups in total. The van der Waals surface area contributed by atoms with Crippen LogP contribution in [0.2, 0.25) is 0 Å². The van der Waals surface area contributed by atoms with Gasteiger partial charge in [0.05, 0.1) is 16.7 Å². The van der Waals surface area contributed by atoms with Crippen molar-refractivity contribution in [3.8, 4) is 50.2 Å². The summed E-state index contributed by atoms with van der Waals surface area (Å²) in [6, 6.07) is 85.9. The molecule has 2 nitrogen and oxygen atoms in total. The summed E-state index contributed by atoms with van der Waals surface area (Å²) in [4.78, 5) is 2.39. The number of fused-ring (bicyclic) bond motifs is 4. The summed E-state index contributed by atoms with van der Waals surface area (Å²) in [5, 5.41) is 4.94. The van der Waals surface area contributed by atoms with Crippen molar-refractivity contribution < 1.29 is 0 Å². The summed E-state index contributed by atoms with van der Waals surface area (Å²) in [7, 11) is 0. The predicted molar refractivity (Wildman–Crippen MR) is 259 cm³/mol. The zero-order valence-corrected chi connectivity index (χ0v) is 33.9. The van der Waals surface area contributed by atoms with E-state index in [0.717, 1.165) is 22.6 Å². The molecule has 0 fully saturated rings. The zero-order chi connectivity index (χ0) is 40.7. The average Bonchev–Trinajstić information content (AvgIpc) is 3.65. The van der Waals surface area contributed by atoms with Gasteiger partial charge in [-0.1, -0.05) is 194 Å². The van der Waals surface area contributed by atoms with Gasteiger partial charge in [-0.05, 0) is 105 Å². The maximum atomic E-state index is 2.50. The molecule has 288 valence electrons. The van der Waals surface area contributed by atoms with Crippen molar-refractivity contribution in [3.63, 3.8) is 0 Å². The Labute approximate surface area is 356 Å². The lowest BCUT2D eigenvalue weighted by Gasteiger charge is -2.26.